The summed E-state index contributed by atoms with van der Waals surface area (Å²) in [5.74, 6) is -0.920. The van der Waals surface area contributed by atoms with Gasteiger partial charge in [0.25, 0.3) is 0 Å². The lowest BCUT2D eigenvalue weighted by Gasteiger charge is -2.31. The first-order chi connectivity index (χ1) is 10.9. The molecule has 0 radical (unpaired) electrons. The van der Waals surface area contributed by atoms with E-state index in [1.807, 2.05) is 6.92 Å². The van der Waals surface area contributed by atoms with Gasteiger partial charge in [-0.3, -0.25) is 4.79 Å². The Kier molecular flexibility index (Phi) is 4.04. The van der Waals surface area contributed by atoms with Crippen LogP contribution >= 0.6 is 0 Å². The lowest BCUT2D eigenvalue weighted by Crippen LogP contribution is -2.41. The molecule has 2 heterocycles. The molecule has 1 aliphatic rings. The van der Waals surface area contributed by atoms with Crippen LogP contribution in [-0.2, 0) is 17.5 Å². The van der Waals surface area contributed by atoms with Gasteiger partial charge in [0.1, 0.15) is 6.54 Å². The lowest BCUT2D eigenvalue weighted by molar-refractivity contribution is -0.148. The third kappa shape index (κ3) is 3.18. The van der Waals surface area contributed by atoms with Crippen molar-refractivity contribution < 1.29 is 18.0 Å². The molecular formula is C16H18F3N3O. The third-order valence-electron chi connectivity index (χ3n) is 4.21. The highest BCUT2D eigenvalue weighted by Crippen LogP contribution is 2.31. The molecule has 1 aromatic carbocycles. The molecule has 0 N–H and O–H groups in total. The van der Waals surface area contributed by atoms with Gasteiger partial charge in [0.05, 0.1) is 11.0 Å². The first kappa shape index (κ1) is 15.8. The molecule has 1 atom stereocenters. The predicted molar refractivity (Wildman–Crippen MR) is 79.7 cm³/mol. The Morgan fingerprint density at radius 3 is 2.78 bits per heavy atom. The highest BCUT2D eigenvalue weighted by Gasteiger charge is 2.38. The van der Waals surface area contributed by atoms with Crippen LogP contribution in [0.25, 0.3) is 11.0 Å². The van der Waals surface area contributed by atoms with Crippen molar-refractivity contribution in [3.63, 3.8) is 0 Å². The summed E-state index contributed by atoms with van der Waals surface area (Å²) in [7, 11) is 0. The van der Waals surface area contributed by atoms with E-state index in [-0.39, 0.29) is 18.0 Å². The van der Waals surface area contributed by atoms with Crippen LogP contribution in [0.2, 0.25) is 0 Å². The fraction of sp³-hybridized carbons (Fsp3) is 0.500. The molecule has 1 aliphatic heterocycles. The Hall–Kier alpha value is -2.05. The van der Waals surface area contributed by atoms with Gasteiger partial charge in [0.2, 0.25) is 11.7 Å². The zero-order valence-corrected chi connectivity index (χ0v) is 12.8. The molecule has 23 heavy (non-hydrogen) atoms. The monoisotopic (exact) mass is 325 g/mol. The Bertz CT molecular complexity index is 723. The average Bonchev–Trinajstić information content (AvgIpc) is 2.86. The molecular weight excluding hydrogens is 307 g/mol. The largest absolute Gasteiger partial charge is 0.449 e. The van der Waals surface area contributed by atoms with Gasteiger partial charge in [-0.15, -0.1) is 0 Å². The highest BCUT2D eigenvalue weighted by atomic mass is 19.4. The number of imidazole rings is 1. The molecule has 7 heteroatoms. The van der Waals surface area contributed by atoms with Crippen molar-refractivity contribution in [2.45, 2.75) is 32.5 Å². The van der Waals surface area contributed by atoms with Crippen LogP contribution in [0.15, 0.2) is 24.3 Å². The second-order valence-corrected chi connectivity index (χ2v) is 6.10. The fourth-order valence-corrected chi connectivity index (χ4v) is 3.10. The number of para-hydroxylation sites is 2. The normalized spacial score (nSPS) is 19.3. The molecule has 2 aromatic rings. The number of halogens is 3. The molecule has 0 saturated carbocycles. The van der Waals surface area contributed by atoms with Gasteiger partial charge in [-0.2, -0.15) is 13.2 Å². The van der Waals surface area contributed by atoms with Gasteiger partial charge in [0.15, 0.2) is 0 Å². The van der Waals surface area contributed by atoms with E-state index < -0.39 is 12.0 Å². The number of fused-ring (bicyclic) bond motifs is 1. The van der Waals surface area contributed by atoms with Gasteiger partial charge >= 0.3 is 6.18 Å². The minimum absolute atomic E-state index is 0.250. The minimum atomic E-state index is -4.59. The van der Waals surface area contributed by atoms with Crippen molar-refractivity contribution in [3.05, 3.63) is 30.1 Å². The fourth-order valence-electron chi connectivity index (χ4n) is 3.10. The smallest absolute Gasteiger partial charge is 0.341 e. The molecule has 1 fully saturated rings. The van der Waals surface area contributed by atoms with Crippen LogP contribution in [0.4, 0.5) is 13.2 Å². The van der Waals surface area contributed by atoms with Crippen LogP contribution < -0.4 is 0 Å². The summed E-state index contributed by atoms with van der Waals surface area (Å²) in [5, 5.41) is 0. The van der Waals surface area contributed by atoms with Gasteiger partial charge in [-0.05, 0) is 30.9 Å². The van der Waals surface area contributed by atoms with Crippen molar-refractivity contribution in [1.29, 1.82) is 0 Å². The van der Waals surface area contributed by atoms with Crippen LogP contribution in [0.3, 0.4) is 0 Å². The van der Waals surface area contributed by atoms with E-state index in [9.17, 15) is 18.0 Å². The van der Waals surface area contributed by atoms with Gasteiger partial charge in [0, 0.05) is 13.1 Å². The maximum absolute atomic E-state index is 13.2. The van der Waals surface area contributed by atoms with Gasteiger partial charge in [-0.1, -0.05) is 19.1 Å². The number of alkyl halides is 3. The summed E-state index contributed by atoms with van der Waals surface area (Å²) in [6.07, 6.45) is -2.65. The highest BCUT2D eigenvalue weighted by molar-refractivity contribution is 5.81. The first-order valence-electron chi connectivity index (χ1n) is 7.66. The summed E-state index contributed by atoms with van der Waals surface area (Å²) in [5.41, 5.74) is 0.581. The van der Waals surface area contributed by atoms with Crippen LogP contribution in [0.5, 0.6) is 0 Å². The topological polar surface area (TPSA) is 38.1 Å². The number of piperidine rings is 1. The Morgan fingerprint density at radius 1 is 1.35 bits per heavy atom. The van der Waals surface area contributed by atoms with E-state index in [4.69, 9.17) is 0 Å². The minimum Gasteiger partial charge on any atom is -0.341 e. The molecule has 124 valence electrons. The second kappa shape index (κ2) is 5.86. The van der Waals surface area contributed by atoms with Gasteiger partial charge < -0.3 is 9.47 Å². The molecule has 0 bridgehead atoms. The quantitative estimate of drug-likeness (QED) is 0.849. The van der Waals surface area contributed by atoms with E-state index in [1.54, 1.807) is 23.1 Å². The van der Waals surface area contributed by atoms with E-state index in [2.05, 4.69) is 4.98 Å². The van der Waals surface area contributed by atoms with Crippen molar-refractivity contribution >= 4 is 16.9 Å². The summed E-state index contributed by atoms with van der Waals surface area (Å²) >= 11 is 0. The standard InChI is InChI=1S/C16H18F3N3O/c1-11-5-4-8-21(9-11)14(23)10-22-13-7-3-2-6-12(13)20-15(22)16(17,18)19/h2-3,6-7,11H,4-5,8-10H2,1H3. The second-order valence-electron chi connectivity index (χ2n) is 6.10. The molecule has 3 rings (SSSR count). The number of nitrogens with zero attached hydrogens (tertiary/aromatic N) is 3. The molecule has 1 saturated heterocycles. The van der Waals surface area contributed by atoms with E-state index in [1.165, 1.54) is 6.07 Å². The summed E-state index contributed by atoms with van der Waals surface area (Å²) in [6, 6.07) is 6.36. The SMILES string of the molecule is CC1CCCN(C(=O)Cn2c(C(F)(F)F)nc3ccccc32)C1. The zero-order chi connectivity index (χ0) is 16.6. The van der Waals surface area contributed by atoms with Crippen LogP contribution in [0, 0.1) is 5.92 Å². The number of rotatable bonds is 2. The summed E-state index contributed by atoms with van der Waals surface area (Å²) in [4.78, 5) is 17.8. The Labute approximate surface area is 131 Å². The Morgan fingerprint density at radius 2 is 2.09 bits per heavy atom. The maximum atomic E-state index is 13.2. The predicted octanol–water partition coefficient (Wildman–Crippen LogP) is 3.31. The van der Waals surface area contributed by atoms with Gasteiger partial charge in [-0.25, -0.2) is 4.98 Å². The molecule has 1 amide bonds. The van der Waals surface area contributed by atoms with Crippen molar-refractivity contribution in [3.8, 4) is 0 Å². The number of hydrogen-bond acceptors (Lipinski definition) is 2. The average molecular weight is 325 g/mol. The molecule has 4 nitrogen and oxygen atoms in total. The first-order valence-corrected chi connectivity index (χ1v) is 7.66. The number of hydrogen-bond donors (Lipinski definition) is 0. The number of amides is 1. The molecule has 0 spiro atoms. The maximum Gasteiger partial charge on any atom is 0.449 e. The van der Waals surface area contributed by atoms with Crippen molar-refractivity contribution in [1.82, 2.24) is 14.5 Å². The zero-order valence-electron chi connectivity index (χ0n) is 12.8. The molecule has 1 unspecified atom stereocenters. The van der Waals surface area contributed by atoms with Crippen molar-refractivity contribution in [2.24, 2.45) is 5.92 Å². The van der Waals surface area contributed by atoms with Crippen LogP contribution in [-0.4, -0.2) is 33.4 Å². The molecule has 0 aliphatic carbocycles. The number of carbonyl (C=O) groups is 1. The molecule has 1 aromatic heterocycles. The summed E-state index contributed by atoms with van der Waals surface area (Å²) in [6.45, 7) is 2.93. The number of aromatic nitrogens is 2. The number of likely N-dealkylation sites (tertiary alicyclic amines) is 1. The van der Waals surface area contributed by atoms with Crippen LogP contribution in [0.1, 0.15) is 25.6 Å². The number of carbonyl (C=O) groups excluding carboxylic acids is 1. The Balaban J connectivity index is 1.93. The summed E-state index contributed by atoms with van der Waals surface area (Å²) < 4.78 is 40.7. The van der Waals surface area contributed by atoms with E-state index in [0.717, 1.165) is 17.4 Å². The van der Waals surface area contributed by atoms with E-state index in [0.29, 0.717) is 24.5 Å². The van der Waals surface area contributed by atoms with Crippen molar-refractivity contribution in [2.75, 3.05) is 13.1 Å². The third-order valence-corrected chi connectivity index (χ3v) is 4.21. The number of benzene rings is 1. The van der Waals surface area contributed by atoms with E-state index >= 15 is 0 Å². The lowest BCUT2D eigenvalue weighted by atomic mass is 10.0.